The second-order valence-corrected chi connectivity index (χ2v) is 4.28. The minimum absolute atomic E-state index is 0.111. The van der Waals surface area contributed by atoms with Crippen LogP contribution in [-0.2, 0) is 11.3 Å². The summed E-state index contributed by atoms with van der Waals surface area (Å²) in [4.78, 5) is 11.4. The lowest BCUT2D eigenvalue weighted by atomic mass is 10.0. The molecule has 3 nitrogen and oxygen atoms in total. The lowest BCUT2D eigenvalue weighted by molar-refractivity contribution is -0.121. The molecule has 0 spiro atoms. The van der Waals surface area contributed by atoms with E-state index in [1.54, 1.807) is 7.11 Å². The van der Waals surface area contributed by atoms with Gasteiger partial charge in [0.15, 0.2) is 0 Å². The van der Waals surface area contributed by atoms with Crippen LogP contribution in [0.25, 0.3) is 0 Å². The Morgan fingerprint density at radius 3 is 2.59 bits per heavy atom. The predicted octanol–water partition coefficient (Wildman–Crippen LogP) is 2.73. The first-order valence-electron chi connectivity index (χ1n) is 5.99. The molecule has 1 rings (SSSR count). The normalized spacial score (nSPS) is 10.1. The highest BCUT2D eigenvalue weighted by Crippen LogP contribution is 2.22. The number of hydrogen-bond donors (Lipinski definition) is 1. The van der Waals surface area contributed by atoms with Gasteiger partial charge >= 0.3 is 0 Å². The largest absolute Gasteiger partial charge is 0.496 e. The average Bonchev–Trinajstić information content (AvgIpc) is 2.30. The molecule has 3 heteroatoms. The lowest BCUT2D eigenvalue weighted by Crippen LogP contribution is -2.22. The number of amides is 1. The first kappa shape index (κ1) is 13.6. The van der Waals surface area contributed by atoms with E-state index in [4.69, 9.17) is 4.74 Å². The standard InChI is InChI=1S/C14H21NO2/c1-5-6-14(16)15-9-12-7-11(3)13(17-4)8-10(12)2/h7-8H,5-6,9H2,1-4H3,(H,15,16). The number of ether oxygens (including phenoxy) is 1. The molecule has 0 unspecified atom stereocenters. The number of hydrogen-bond acceptors (Lipinski definition) is 2. The fraction of sp³-hybridized carbons (Fsp3) is 0.500. The van der Waals surface area contributed by atoms with Gasteiger partial charge in [0.25, 0.3) is 0 Å². The SMILES string of the molecule is CCCC(=O)NCc1cc(C)c(OC)cc1C. The molecule has 0 aliphatic heterocycles. The first-order chi connectivity index (χ1) is 8.08. The van der Waals surface area contributed by atoms with E-state index in [-0.39, 0.29) is 5.91 Å². The molecule has 1 N–H and O–H groups in total. The predicted molar refractivity (Wildman–Crippen MR) is 69.2 cm³/mol. The van der Waals surface area contributed by atoms with Crippen molar-refractivity contribution in [1.82, 2.24) is 5.32 Å². The topological polar surface area (TPSA) is 38.3 Å². The highest BCUT2D eigenvalue weighted by molar-refractivity contribution is 5.75. The van der Waals surface area contributed by atoms with Crippen LogP contribution in [0.1, 0.15) is 36.5 Å². The number of carbonyl (C=O) groups excluding carboxylic acids is 1. The molecule has 17 heavy (non-hydrogen) atoms. The third-order valence-electron chi connectivity index (χ3n) is 2.81. The van der Waals surface area contributed by atoms with Crippen LogP contribution in [0, 0.1) is 13.8 Å². The monoisotopic (exact) mass is 235 g/mol. The Bertz CT molecular complexity index is 399. The Balaban J connectivity index is 2.72. The van der Waals surface area contributed by atoms with Crippen LogP contribution in [0.4, 0.5) is 0 Å². The van der Waals surface area contributed by atoms with E-state index >= 15 is 0 Å². The molecular formula is C14H21NO2. The number of carbonyl (C=O) groups is 1. The Kier molecular flexibility index (Phi) is 5.01. The molecule has 0 fully saturated rings. The van der Waals surface area contributed by atoms with E-state index in [1.807, 2.05) is 26.8 Å². The van der Waals surface area contributed by atoms with Gasteiger partial charge in [0.2, 0.25) is 5.91 Å². The van der Waals surface area contributed by atoms with Crippen molar-refractivity contribution >= 4 is 5.91 Å². The van der Waals surface area contributed by atoms with E-state index in [0.717, 1.165) is 28.9 Å². The summed E-state index contributed by atoms with van der Waals surface area (Å²) >= 11 is 0. The van der Waals surface area contributed by atoms with Gasteiger partial charge in [-0.25, -0.2) is 0 Å². The van der Waals surface area contributed by atoms with Gasteiger partial charge in [-0.1, -0.05) is 13.0 Å². The molecule has 1 aromatic rings. The molecule has 0 saturated heterocycles. The number of nitrogens with one attached hydrogen (secondary N) is 1. The maximum Gasteiger partial charge on any atom is 0.220 e. The van der Waals surface area contributed by atoms with Crippen molar-refractivity contribution in [1.29, 1.82) is 0 Å². The molecule has 1 amide bonds. The number of methoxy groups -OCH3 is 1. The van der Waals surface area contributed by atoms with Crippen molar-refractivity contribution in [3.63, 3.8) is 0 Å². The fourth-order valence-corrected chi connectivity index (χ4v) is 1.77. The zero-order valence-corrected chi connectivity index (χ0v) is 11.1. The van der Waals surface area contributed by atoms with Crippen molar-refractivity contribution in [2.75, 3.05) is 7.11 Å². The summed E-state index contributed by atoms with van der Waals surface area (Å²) in [7, 11) is 1.67. The highest BCUT2D eigenvalue weighted by Gasteiger charge is 2.06. The summed E-state index contributed by atoms with van der Waals surface area (Å²) in [6, 6.07) is 4.08. The third-order valence-corrected chi connectivity index (χ3v) is 2.81. The molecule has 0 heterocycles. The highest BCUT2D eigenvalue weighted by atomic mass is 16.5. The summed E-state index contributed by atoms with van der Waals surface area (Å²) in [6.07, 6.45) is 1.47. The Morgan fingerprint density at radius 1 is 1.29 bits per heavy atom. The Morgan fingerprint density at radius 2 is 2.00 bits per heavy atom. The van der Waals surface area contributed by atoms with Crippen molar-refractivity contribution in [3.8, 4) is 5.75 Å². The van der Waals surface area contributed by atoms with Crippen LogP contribution < -0.4 is 10.1 Å². The van der Waals surface area contributed by atoms with Crippen LogP contribution in [0.3, 0.4) is 0 Å². The van der Waals surface area contributed by atoms with Crippen molar-refractivity contribution in [2.45, 2.75) is 40.2 Å². The summed E-state index contributed by atoms with van der Waals surface area (Å²) < 4.78 is 5.26. The third kappa shape index (κ3) is 3.77. The second-order valence-electron chi connectivity index (χ2n) is 4.28. The smallest absolute Gasteiger partial charge is 0.220 e. The number of rotatable bonds is 5. The summed E-state index contributed by atoms with van der Waals surface area (Å²) in [5, 5.41) is 2.93. The molecule has 0 radical (unpaired) electrons. The van der Waals surface area contributed by atoms with Crippen LogP contribution in [0.15, 0.2) is 12.1 Å². The average molecular weight is 235 g/mol. The molecule has 1 aromatic carbocycles. The van der Waals surface area contributed by atoms with Gasteiger partial charge in [0, 0.05) is 13.0 Å². The molecule has 0 aliphatic rings. The van der Waals surface area contributed by atoms with Gasteiger partial charge in [-0.3, -0.25) is 4.79 Å². The molecule has 0 aromatic heterocycles. The van der Waals surface area contributed by atoms with Crippen molar-refractivity contribution < 1.29 is 9.53 Å². The molecular weight excluding hydrogens is 214 g/mol. The maximum atomic E-state index is 11.4. The Labute approximate surface area is 103 Å². The van der Waals surface area contributed by atoms with E-state index in [1.165, 1.54) is 0 Å². The van der Waals surface area contributed by atoms with E-state index in [2.05, 4.69) is 11.4 Å². The first-order valence-corrected chi connectivity index (χ1v) is 5.99. The Hall–Kier alpha value is -1.51. The van der Waals surface area contributed by atoms with Gasteiger partial charge in [-0.05, 0) is 43.0 Å². The summed E-state index contributed by atoms with van der Waals surface area (Å²) in [6.45, 7) is 6.64. The molecule has 0 atom stereocenters. The minimum atomic E-state index is 0.111. The van der Waals surface area contributed by atoms with Crippen LogP contribution in [0.5, 0.6) is 5.75 Å². The summed E-state index contributed by atoms with van der Waals surface area (Å²) in [5.41, 5.74) is 3.38. The van der Waals surface area contributed by atoms with Crippen molar-refractivity contribution in [2.24, 2.45) is 0 Å². The number of aryl methyl sites for hydroxylation is 2. The van der Waals surface area contributed by atoms with E-state index in [9.17, 15) is 4.79 Å². The van der Waals surface area contributed by atoms with Gasteiger partial charge in [-0.2, -0.15) is 0 Å². The summed E-state index contributed by atoms with van der Waals surface area (Å²) in [5.74, 6) is 1.01. The van der Waals surface area contributed by atoms with Crippen LogP contribution >= 0.6 is 0 Å². The quantitative estimate of drug-likeness (QED) is 0.852. The van der Waals surface area contributed by atoms with Gasteiger partial charge < -0.3 is 10.1 Å². The molecule has 0 bridgehead atoms. The van der Waals surface area contributed by atoms with Gasteiger partial charge in [0.05, 0.1) is 7.11 Å². The maximum absolute atomic E-state index is 11.4. The zero-order valence-electron chi connectivity index (χ0n) is 11.1. The lowest BCUT2D eigenvalue weighted by Gasteiger charge is -2.12. The van der Waals surface area contributed by atoms with E-state index in [0.29, 0.717) is 13.0 Å². The number of benzene rings is 1. The second kappa shape index (κ2) is 6.28. The van der Waals surface area contributed by atoms with Gasteiger partial charge in [-0.15, -0.1) is 0 Å². The zero-order chi connectivity index (χ0) is 12.8. The molecule has 0 aliphatic carbocycles. The van der Waals surface area contributed by atoms with Crippen LogP contribution in [0.2, 0.25) is 0 Å². The van der Waals surface area contributed by atoms with Gasteiger partial charge in [0.1, 0.15) is 5.75 Å². The minimum Gasteiger partial charge on any atom is -0.496 e. The van der Waals surface area contributed by atoms with Crippen LogP contribution in [-0.4, -0.2) is 13.0 Å². The van der Waals surface area contributed by atoms with Crippen molar-refractivity contribution in [3.05, 3.63) is 28.8 Å². The fourth-order valence-electron chi connectivity index (χ4n) is 1.77. The molecule has 0 saturated carbocycles. The van der Waals surface area contributed by atoms with E-state index < -0.39 is 0 Å². The molecule has 94 valence electrons.